The first kappa shape index (κ1) is 22.7. The van der Waals surface area contributed by atoms with Gasteiger partial charge in [-0.2, -0.15) is 0 Å². The van der Waals surface area contributed by atoms with Gasteiger partial charge in [0.05, 0.1) is 5.41 Å². The van der Waals surface area contributed by atoms with Crippen LogP contribution in [0.4, 0.5) is 4.39 Å². The lowest BCUT2D eigenvalue weighted by Gasteiger charge is -2.41. The van der Waals surface area contributed by atoms with Crippen molar-refractivity contribution in [3.63, 3.8) is 0 Å². The second-order valence-electron chi connectivity index (χ2n) is 8.70. The van der Waals surface area contributed by atoms with Crippen LogP contribution in [0, 0.1) is 18.2 Å². The van der Waals surface area contributed by atoms with E-state index in [1.54, 1.807) is 11.0 Å². The Hall–Kier alpha value is -3.48. The molecule has 1 N–H and O–H groups in total. The molecule has 1 aliphatic rings. The smallest absolute Gasteiger partial charge is 0.253 e. The van der Waals surface area contributed by atoms with Gasteiger partial charge in [-0.25, -0.2) is 4.39 Å². The summed E-state index contributed by atoms with van der Waals surface area (Å²) in [6, 6.07) is 15.5. The van der Waals surface area contributed by atoms with Crippen LogP contribution in [0.25, 0.3) is 11.3 Å². The van der Waals surface area contributed by atoms with Gasteiger partial charge in [0.1, 0.15) is 17.3 Å². The number of hydrogen-bond donors (Lipinski definition) is 1. The molecule has 4 rings (SSSR count). The molecule has 1 saturated heterocycles. The number of hydrogen-bond acceptors (Lipinski definition) is 4. The van der Waals surface area contributed by atoms with Gasteiger partial charge in [0, 0.05) is 43.2 Å². The average molecular weight is 450 g/mol. The van der Waals surface area contributed by atoms with E-state index in [1.165, 1.54) is 18.2 Å². The van der Waals surface area contributed by atoms with Crippen LogP contribution in [0.2, 0.25) is 0 Å². The van der Waals surface area contributed by atoms with Crippen molar-refractivity contribution in [2.75, 3.05) is 19.6 Å². The molecular formula is C26H28FN3O3. The normalized spacial score (nSPS) is 18.2. The molecule has 33 heavy (non-hydrogen) atoms. The maximum Gasteiger partial charge on any atom is 0.253 e. The molecule has 2 heterocycles. The monoisotopic (exact) mass is 449 g/mol. The third-order valence-electron chi connectivity index (χ3n) is 6.17. The minimum Gasteiger partial charge on any atom is -0.361 e. The molecule has 0 bridgehead atoms. The second kappa shape index (κ2) is 9.57. The molecular weight excluding hydrogens is 421 g/mol. The lowest BCUT2D eigenvalue weighted by molar-refractivity contribution is -0.133. The molecule has 1 aromatic heterocycles. The van der Waals surface area contributed by atoms with E-state index in [2.05, 4.69) is 10.5 Å². The van der Waals surface area contributed by atoms with Crippen molar-refractivity contribution in [3.05, 3.63) is 77.3 Å². The number of aryl methyl sites for hydroxylation is 1. The number of carbonyl (C=O) groups is 2. The number of aromatic nitrogens is 1. The van der Waals surface area contributed by atoms with E-state index in [9.17, 15) is 14.0 Å². The molecule has 0 aliphatic carbocycles. The number of nitrogens with zero attached hydrogens (tertiary/aromatic N) is 2. The van der Waals surface area contributed by atoms with Gasteiger partial charge < -0.3 is 14.7 Å². The molecule has 0 saturated carbocycles. The Kier molecular flexibility index (Phi) is 6.58. The Balaban J connectivity index is 1.59. The Morgan fingerprint density at radius 2 is 1.97 bits per heavy atom. The van der Waals surface area contributed by atoms with Crippen LogP contribution in [0.5, 0.6) is 0 Å². The Morgan fingerprint density at radius 1 is 1.18 bits per heavy atom. The lowest BCUT2D eigenvalue weighted by atomic mass is 9.75. The van der Waals surface area contributed by atoms with E-state index >= 15 is 0 Å². The summed E-state index contributed by atoms with van der Waals surface area (Å²) in [6.07, 6.45) is 1.61. The van der Waals surface area contributed by atoms with Gasteiger partial charge in [-0.1, -0.05) is 41.1 Å². The highest BCUT2D eigenvalue weighted by Gasteiger charge is 2.44. The molecule has 3 aromatic rings. The Bertz CT molecular complexity index is 1140. The van der Waals surface area contributed by atoms with Crippen molar-refractivity contribution in [1.29, 1.82) is 0 Å². The predicted octanol–water partition coefficient (Wildman–Crippen LogP) is 4.39. The number of benzene rings is 2. The second-order valence-corrected chi connectivity index (χ2v) is 8.70. The number of rotatable bonds is 6. The van der Waals surface area contributed by atoms with Crippen molar-refractivity contribution in [2.45, 2.75) is 33.1 Å². The first-order chi connectivity index (χ1) is 15.9. The SMILES string of the molecule is CCNC(=O)C1(Cc2cc(-c3ccc(C)cc3)no2)CCCN(C(=O)c2cccc(F)c2)C1. The number of carbonyl (C=O) groups excluding carboxylic acids is 2. The van der Waals surface area contributed by atoms with Crippen LogP contribution < -0.4 is 5.32 Å². The van der Waals surface area contributed by atoms with Crippen LogP contribution in [0.1, 0.15) is 41.4 Å². The zero-order chi connectivity index (χ0) is 23.4. The average Bonchev–Trinajstić information content (AvgIpc) is 3.27. The van der Waals surface area contributed by atoms with E-state index in [1.807, 2.05) is 44.2 Å². The van der Waals surface area contributed by atoms with E-state index in [-0.39, 0.29) is 23.9 Å². The van der Waals surface area contributed by atoms with Gasteiger partial charge in [-0.05, 0) is 44.9 Å². The van der Waals surface area contributed by atoms with E-state index < -0.39 is 11.2 Å². The minimum absolute atomic E-state index is 0.116. The standard InChI is InChI=1S/C26H28FN3O3/c1-3-28-25(32)26(16-22-15-23(29-33-22)19-10-8-18(2)9-11-19)12-5-13-30(17-26)24(31)20-6-4-7-21(27)14-20/h4,6-11,14-15H,3,5,12-13,16-17H2,1-2H3,(H,28,32). The summed E-state index contributed by atoms with van der Waals surface area (Å²) in [5, 5.41) is 7.13. The molecule has 172 valence electrons. The topological polar surface area (TPSA) is 75.4 Å². The maximum atomic E-state index is 13.7. The summed E-state index contributed by atoms with van der Waals surface area (Å²) in [7, 11) is 0. The van der Waals surface area contributed by atoms with Crippen molar-refractivity contribution in [2.24, 2.45) is 5.41 Å². The van der Waals surface area contributed by atoms with Crippen LogP contribution in [-0.2, 0) is 11.2 Å². The number of likely N-dealkylation sites (tertiary alicyclic amines) is 1. The van der Waals surface area contributed by atoms with Crippen molar-refractivity contribution >= 4 is 11.8 Å². The molecule has 1 atom stereocenters. The molecule has 1 aliphatic heterocycles. The maximum absolute atomic E-state index is 13.7. The van der Waals surface area contributed by atoms with E-state index in [0.29, 0.717) is 43.8 Å². The molecule has 7 heteroatoms. The van der Waals surface area contributed by atoms with Gasteiger partial charge in [0.25, 0.3) is 5.91 Å². The highest BCUT2D eigenvalue weighted by molar-refractivity contribution is 5.95. The highest BCUT2D eigenvalue weighted by Crippen LogP contribution is 2.36. The highest BCUT2D eigenvalue weighted by atomic mass is 19.1. The number of piperidine rings is 1. The van der Waals surface area contributed by atoms with Crippen molar-refractivity contribution < 1.29 is 18.5 Å². The summed E-state index contributed by atoms with van der Waals surface area (Å²) >= 11 is 0. The molecule has 0 radical (unpaired) electrons. The minimum atomic E-state index is -0.846. The number of amides is 2. The first-order valence-corrected chi connectivity index (χ1v) is 11.3. The van der Waals surface area contributed by atoms with E-state index in [4.69, 9.17) is 4.52 Å². The van der Waals surface area contributed by atoms with Gasteiger partial charge >= 0.3 is 0 Å². The summed E-state index contributed by atoms with van der Waals surface area (Å²) in [5.74, 6) is -0.258. The fourth-order valence-corrected chi connectivity index (χ4v) is 4.46. The molecule has 2 amide bonds. The molecule has 1 unspecified atom stereocenters. The zero-order valence-corrected chi connectivity index (χ0v) is 18.9. The molecule has 2 aromatic carbocycles. The predicted molar refractivity (Wildman–Crippen MR) is 123 cm³/mol. The first-order valence-electron chi connectivity index (χ1n) is 11.3. The third kappa shape index (κ3) is 4.97. The molecule has 0 spiro atoms. The third-order valence-corrected chi connectivity index (χ3v) is 6.17. The summed E-state index contributed by atoms with van der Waals surface area (Å²) in [6.45, 7) is 5.13. The van der Waals surface area contributed by atoms with Crippen LogP contribution in [0.15, 0.2) is 59.1 Å². The number of nitrogens with one attached hydrogen (secondary N) is 1. The summed E-state index contributed by atoms with van der Waals surface area (Å²) in [4.78, 5) is 28.0. The van der Waals surface area contributed by atoms with Gasteiger partial charge in [-0.3, -0.25) is 9.59 Å². The Morgan fingerprint density at radius 3 is 2.70 bits per heavy atom. The largest absolute Gasteiger partial charge is 0.361 e. The van der Waals surface area contributed by atoms with Gasteiger partial charge in [0.2, 0.25) is 5.91 Å². The van der Waals surface area contributed by atoms with Crippen LogP contribution in [-0.4, -0.2) is 41.5 Å². The van der Waals surface area contributed by atoms with Gasteiger partial charge in [-0.15, -0.1) is 0 Å². The fourth-order valence-electron chi connectivity index (χ4n) is 4.46. The molecule has 6 nitrogen and oxygen atoms in total. The van der Waals surface area contributed by atoms with Crippen molar-refractivity contribution in [3.8, 4) is 11.3 Å². The zero-order valence-electron chi connectivity index (χ0n) is 18.9. The van der Waals surface area contributed by atoms with Crippen LogP contribution in [0.3, 0.4) is 0 Å². The lowest BCUT2D eigenvalue weighted by Crippen LogP contribution is -2.54. The van der Waals surface area contributed by atoms with Crippen molar-refractivity contribution in [1.82, 2.24) is 15.4 Å². The van der Waals surface area contributed by atoms with Crippen LogP contribution >= 0.6 is 0 Å². The quantitative estimate of drug-likeness (QED) is 0.606. The fraction of sp³-hybridized carbons (Fsp3) is 0.346. The summed E-state index contributed by atoms with van der Waals surface area (Å²) < 4.78 is 19.3. The molecule has 1 fully saturated rings. The summed E-state index contributed by atoms with van der Waals surface area (Å²) in [5.41, 5.74) is 2.24. The van der Waals surface area contributed by atoms with Gasteiger partial charge in [0.15, 0.2) is 0 Å². The van der Waals surface area contributed by atoms with E-state index in [0.717, 1.165) is 11.1 Å². The number of halogens is 1. The Labute approximate surface area is 192 Å².